The lowest BCUT2D eigenvalue weighted by Gasteiger charge is -2.23. The van der Waals surface area contributed by atoms with E-state index in [1.807, 2.05) is 0 Å². The Balaban J connectivity index is 2.08. The lowest BCUT2D eigenvalue weighted by Crippen LogP contribution is -2.44. The standard InChI is InChI=1S/C11H19NO4/c1-9(2)3-5-15-6-4-12-7-10(13)16-11(14)8-12/h9H,3-8H2,1-2H3. The average molecular weight is 229 g/mol. The molecule has 0 saturated carbocycles. The van der Waals surface area contributed by atoms with Crippen LogP contribution in [0.15, 0.2) is 0 Å². The molecule has 0 atom stereocenters. The fourth-order valence-corrected chi connectivity index (χ4v) is 1.39. The van der Waals surface area contributed by atoms with Gasteiger partial charge in [-0.2, -0.15) is 0 Å². The van der Waals surface area contributed by atoms with Gasteiger partial charge in [0.1, 0.15) is 0 Å². The Bertz CT molecular complexity index is 236. The van der Waals surface area contributed by atoms with Crippen molar-refractivity contribution in [2.45, 2.75) is 20.3 Å². The molecule has 1 aliphatic heterocycles. The molecule has 1 saturated heterocycles. The molecule has 1 aliphatic rings. The maximum atomic E-state index is 10.9. The van der Waals surface area contributed by atoms with E-state index in [1.54, 1.807) is 4.90 Å². The van der Waals surface area contributed by atoms with Crippen molar-refractivity contribution >= 4 is 11.9 Å². The molecule has 1 rings (SSSR count). The van der Waals surface area contributed by atoms with E-state index in [9.17, 15) is 9.59 Å². The number of esters is 2. The molecule has 0 N–H and O–H groups in total. The second kappa shape index (κ2) is 6.60. The van der Waals surface area contributed by atoms with Crippen LogP contribution in [-0.2, 0) is 19.1 Å². The van der Waals surface area contributed by atoms with Gasteiger partial charge >= 0.3 is 11.9 Å². The molecule has 0 aromatic rings. The SMILES string of the molecule is CC(C)CCOCCN1CC(=O)OC(=O)C1. The van der Waals surface area contributed by atoms with Crippen molar-refractivity contribution in [3.8, 4) is 0 Å². The number of hydrogen-bond acceptors (Lipinski definition) is 5. The van der Waals surface area contributed by atoms with E-state index in [2.05, 4.69) is 18.6 Å². The number of hydrogen-bond donors (Lipinski definition) is 0. The van der Waals surface area contributed by atoms with Gasteiger partial charge in [-0.3, -0.25) is 14.5 Å². The van der Waals surface area contributed by atoms with Crippen molar-refractivity contribution < 1.29 is 19.1 Å². The van der Waals surface area contributed by atoms with Gasteiger partial charge in [-0.15, -0.1) is 0 Å². The smallest absolute Gasteiger partial charge is 0.327 e. The predicted octanol–water partition coefficient (Wildman–Crippen LogP) is 0.434. The molecule has 5 nitrogen and oxygen atoms in total. The van der Waals surface area contributed by atoms with Gasteiger partial charge in [-0.05, 0) is 12.3 Å². The summed E-state index contributed by atoms with van der Waals surface area (Å²) in [7, 11) is 0. The number of ether oxygens (including phenoxy) is 2. The molecule has 0 radical (unpaired) electrons. The monoisotopic (exact) mass is 229 g/mol. The summed E-state index contributed by atoms with van der Waals surface area (Å²) in [4.78, 5) is 23.6. The van der Waals surface area contributed by atoms with Gasteiger partial charge in [-0.25, -0.2) is 0 Å². The topological polar surface area (TPSA) is 55.8 Å². The molecule has 16 heavy (non-hydrogen) atoms. The van der Waals surface area contributed by atoms with E-state index < -0.39 is 11.9 Å². The maximum absolute atomic E-state index is 10.9. The van der Waals surface area contributed by atoms with Crippen LogP contribution in [0.1, 0.15) is 20.3 Å². The second-order valence-electron chi connectivity index (χ2n) is 4.35. The summed E-state index contributed by atoms with van der Waals surface area (Å²) in [5.41, 5.74) is 0. The van der Waals surface area contributed by atoms with Gasteiger partial charge in [0, 0.05) is 13.2 Å². The van der Waals surface area contributed by atoms with Crippen LogP contribution in [0.2, 0.25) is 0 Å². The van der Waals surface area contributed by atoms with Crippen molar-refractivity contribution in [2.75, 3.05) is 32.8 Å². The van der Waals surface area contributed by atoms with Gasteiger partial charge < -0.3 is 9.47 Å². The Hall–Kier alpha value is -0.940. The Labute approximate surface area is 95.7 Å². The Morgan fingerprint density at radius 2 is 1.88 bits per heavy atom. The molecule has 1 fully saturated rings. The van der Waals surface area contributed by atoms with E-state index in [1.165, 1.54) is 0 Å². The Morgan fingerprint density at radius 3 is 2.44 bits per heavy atom. The fourth-order valence-electron chi connectivity index (χ4n) is 1.39. The molecule has 0 unspecified atom stereocenters. The molecular formula is C11H19NO4. The van der Waals surface area contributed by atoms with Crippen molar-refractivity contribution in [3.05, 3.63) is 0 Å². The van der Waals surface area contributed by atoms with Gasteiger partial charge in [0.2, 0.25) is 0 Å². The van der Waals surface area contributed by atoms with Crippen LogP contribution >= 0.6 is 0 Å². The zero-order chi connectivity index (χ0) is 12.0. The summed E-state index contributed by atoms with van der Waals surface area (Å²) in [5, 5.41) is 0. The number of rotatable bonds is 6. The van der Waals surface area contributed by atoms with Crippen LogP contribution in [0, 0.1) is 5.92 Å². The third-order valence-corrected chi connectivity index (χ3v) is 2.32. The maximum Gasteiger partial charge on any atom is 0.327 e. The predicted molar refractivity (Wildman–Crippen MR) is 57.8 cm³/mol. The summed E-state index contributed by atoms with van der Waals surface area (Å²) in [5.74, 6) is -0.316. The van der Waals surface area contributed by atoms with Crippen molar-refractivity contribution in [1.82, 2.24) is 4.90 Å². The normalized spacial score (nSPS) is 17.9. The van der Waals surface area contributed by atoms with Gasteiger partial charge in [-0.1, -0.05) is 13.8 Å². The zero-order valence-electron chi connectivity index (χ0n) is 9.90. The number of carbonyl (C=O) groups excluding carboxylic acids is 2. The number of nitrogens with zero attached hydrogens (tertiary/aromatic N) is 1. The number of carbonyl (C=O) groups is 2. The molecule has 0 spiro atoms. The van der Waals surface area contributed by atoms with E-state index in [0.29, 0.717) is 19.1 Å². The third kappa shape index (κ3) is 5.23. The number of morpholine rings is 1. The van der Waals surface area contributed by atoms with Crippen LogP contribution in [-0.4, -0.2) is 49.7 Å². The second-order valence-corrected chi connectivity index (χ2v) is 4.35. The van der Waals surface area contributed by atoms with Crippen LogP contribution in [0.25, 0.3) is 0 Å². The summed E-state index contributed by atoms with van der Waals surface area (Å²) < 4.78 is 9.83. The first-order valence-electron chi connectivity index (χ1n) is 5.61. The fraction of sp³-hybridized carbons (Fsp3) is 0.818. The summed E-state index contributed by atoms with van der Waals surface area (Å²) in [6, 6.07) is 0. The lowest BCUT2D eigenvalue weighted by molar-refractivity contribution is -0.167. The quantitative estimate of drug-likeness (QED) is 0.375. The van der Waals surface area contributed by atoms with Crippen LogP contribution in [0.5, 0.6) is 0 Å². The third-order valence-electron chi connectivity index (χ3n) is 2.32. The molecule has 0 bridgehead atoms. The highest BCUT2D eigenvalue weighted by molar-refractivity contribution is 5.90. The van der Waals surface area contributed by atoms with E-state index >= 15 is 0 Å². The minimum absolute atomic E-state index is 0.180. The van der Waals surface area contributed by atoms with Crippen molar-refractivity contribution in [1.29, 1.82) is 0 Å². The van der Waals surface area contributed by atoms with Crippen molar-refractivity contribution in [3.63, 3.8) is 0 Å². The zero-order valence-corrected chi connectivity index (χ0v) is 9.90. The molecule has 1 heterocycles. The average Bonchev–Trinajstić information content (AvgIpc) is 2.15. The molecule has 5 heteroatoms. The van der Waals surface area contributed by atoms with E-state index in [4.69, 9.17) is 4.74 Å². The van der Waals surface area contributed by atoms with Crippen LogP contribution in [0.4, 0.5) is 0 Å². The Kier molecular flexibility index (Phi) is 5.42. The first-order valence-corrected chi connectivity index (χ1v) is 5.61. The molecule has 0 amide bonds. The molecule has 0 aliphatic carbocycles. The highest BCUT2D eigenvalue weighted by Crippen LogP contribution is 2.01. The summed E-state index contributed by atoms with van der Waals surface area (Å²) in [6.07, 6.45) is 1.03. The first-order chi connectivity index (χ1) is 7.58. The lowest BCUT2D eigenvalue weighted by atomic mass is 10.1. The largest absolute Gasteiger partial charge is 0.391 e. The van der Waals surface area contributed by atoms with Gasteiger partial charge in [0.05, 0.1) is 19.7 Å². The van der Waals surface area contributed by atoms with E-state index in [0.717, 1.165) is 13.0 Å². The van der Waals surface area contributed by atoms with Gasteiger partial charge in [0.25, 0.3) is 0 Å². The molecular weight excluding hydrogens is 210 g/mol. The minimum Gasteiger partial charge on any atom is -0.391 e. The Morgan fingerprint density at radius 1 is 1.25 bits per heavy atom. The highest BCUT2D eigenvalue weighted by atomic mass is 16.6. The van der Waals surface area contributed by atoms with Gasteiger partial charge in [0.15, 0.2) is 0 Å². The molecule has 92 valence electrons. The van der Waals surface area contributed by atoms with E-state index in [-0.39, 0.29) is 13.1 Å². The highest BCUT2D eigenvalue weighted by Gasteiger charge is 2.23. The molecule has 0 aromatic carbocycles. The van der Waals surface area contributed by atoms with Crippen molar-refractivity contribution in [2.24, 2.45) is 5.92 Å². The minimum atomic E-state index is -0.474. The van der Waals surface area contributed by atoms with Crippen LogP contribution < -0.4 is 0 Å². The van der Waals surface area contributed by atoms with Crippen LogP contribution in [0.3, 0.4) is 0 Å². The number of cyclic esters (lactones) is 2. The first kappa shape index (κ1) is 13.1. The summed E-state index contributed by atoms with van der Waals surface area (Å²) in [6.45, 7) is 6.51. The molecule has 0 aromatic heterocycles. The summed E-state index contributed by atoms with van der Waals surface area (Å²) >= 11 is 0.